The van der Waals surface area contributed by atoms with Crippen LogP contribution >= 0.6 is 0 Å². The summed E-state index contributed by atoms with van der Waals surface area (Å²) < 4.78 is 5.53. The molecule has 0 aliphatic carbocycles. The smallest absolute Gasteiger partial charge is 0.220 e. The Morgan fingerprint density at radius 2 is 2.17 bits per heavy atom. The van der Waals surface area contributed by atoms with Crippen LogP contribution in [-0.4, -0.2) is 9.97 Å². The molecule has 1 aliphatic heterocycles. The van der Waals surface area contributed by atoms with Crippen molar-refractivity contribution in [2.45, 2.75) is 26.1 Å². The van der Waals surface area contributed by atoms with E-state index in [-0.39, 0.29) is 12.2 Å². The summed E-state index contributed by atoms with van der Waals surface area (Å²) in [5.41, 5.74) is 7.44. The summed E-state index contributed by atoms with van der Waals surface area (Å²) in [6.45, 7) is 3.96. The van der Waals surface area contributed by atoms with Gasteiger partial charge in [-0.3, -0.25) is 0 Å². The molecule has 1 aromatic heterocycles. The summed E-state index contributed by atoms with van der Waals surface area (Å²) in [6.07, 6.45) is 1.88. The molecular weight excluding hydrogens is 154 g/mol. The van der Waals surface area contributed by atoms with E-state index >= 15 is 0 Å². The lowest BCUT2D eigenvalue weighted by atomic mass is 10.1. The number of aromatic nitrogens is 2. The van der Waals surface area contributed by atoms with Crippen LogP contribution in [0.1, 0.15) is 37.3 Å². The average Bonchev–Trinajstić information content (AvgIpc) is 2.28. The molecule has 0 bridgehead atoms. The Kier molecular flexibility index (Phi) is 1.51. The number of hydrogen-bond acceptors (Lipinski definition) is 4. The van der Waals surface area contributed by atoms with Crippen LogP contribution in [-0.2, 0) is 4.74 Å². The van der Waals surface area contributed by atoms with Crippen molar-refractivity contribution in [2.75, 3.05) is 5.73 Å². The summed E-state index contributed by atoms with van der Waals surface area (Å²) in [5, 5.41) is 0. The Hall–Kier alpha value is -1.16. The van der Waals surface area contributed by atoms with Crippen LogP contribution in [0.25, 0.3) is 0 Å². The Morgan fingerprint density at radius 3 is 2.92 bits per heavy atom. The minimum absolute atomic E-state index is 0.0419. The number of hydrogen-bond donors (Lipinski definition) is 1. The number of fused-ring (bicyclic) bond motifs is 1. The fourth-order valence-electron chi connectivity index (χ4n) is 1.50. The molecular formula is C8H11N3O. The zero-order valence-corrected chi connectivity index (χ0v) is 7.11. The lowest BCUT2D eigenvalue weighted by Crippen LogP contribution is -2.00. The molecule has 12 heavy (non-hydrogen) atoms. The van der Waals surface area contributed by atoms with Gasteiger partial charge in [-0.15, -0.1) is 0 Å². The SMILES string of the molecule is C[C@@H]1O[C@H](C)c2cnc(N)nc21. The third-order valence-corrected chi connectivity index (χ3v) is 2.10. The number of nitrogens with two attached hydrogens (primary N) is 1. The van der Waals surface area contributed by atoms with E-state index in [1.54, 1.807) is 6.20 Å². The quantitative estimate of drug-likeness (QED) is 0.627. The van der Waals surface area contributed by atoms with Crippen LogP contribution in [0.2, 0.25) is 0 Å². The Morgan fingerprint density at radius 1 is 1.42 bits per heavy atom. The van der Waals surface area contributed by atoms with E-state index in [1.807, 2.05) is 13.8 Å². The third-order valence-electron chi connectivity index (χ3n) is 2.10. The first kappa shape index (κ1) is 7.49. The maximum Gasteiger partial charge on any atom is 0.220 e. The summed E-state index contributed by atoms with van der Waals surface area (Å²) >= 11 is 0. The van der Waals surface area contributed by atoms with Gasteiger partial charge < -0.3 is 10.5 Å². The zero-order chi connectivity index (χ0) is 8.72. The predicted octanol–water partition coefficient (Wildman–Crippen LogP) is 1.21. The van der Waals surface area contributed by atoms with Crippen molar-refractivity contribution < 1.29 is 4.74 Å². The van der Waals surface area contributed by atoms with Crippen LogP contribution in [0.15, 0.2) is 6.20 Å². The number of nitrogens with zero attached hydrogens (tertiary/aromatic N) is 2. The molecule has 2 heterocycles. The molecule has 2 rings (SSSR count). The van der Waals surface area contributed by atoms with Crippen LogP contribution in [0.5, 0.6) is 0 Å². The average molecular weight is 165 g/mol. The number of anilines is 1. The lowest BCUT2D eigenvalue weighted by Gasteiger charge is -2.02. The van der Waals surface area contributed by atoms with E-state index in [2.05, 4.69) is 9.97 Å². The largest absolute Gasteiger partial charge is 0.368 e. The van der Waals surface area contributed by atoms with Crippen molar-refractivity contribution in [2.24, 2.45) is 0 Å². The van der Waals surface area contributed by atoms with Crippen LogP contribution in [0.4, 0.5) is 5.95 Å². The molecule has 4 nitrogen and oxygen atoms in total. The highest BCUT2D eigenvalue weighted by atomic mass is 16.5. The van der Waals surface area contributed by atoms with Crippen molar-refractivity contribution in [3.63, 3.8) is 0 Å². The van der Waals surface area contributed by atoms with Gasteiger partial charge in [0.25, 0.3) is 0 Å². The van der Waals surface area contributed by atoms with Crippen LogP contribution < -0.4 is 5.73 Å². The van der Waals surface area contributed by atoms with Gasteiger partial charge in [-0.25, -0.2) is 9.97 Å². The highest BCUT2D eigenvalue weighted by molar-refractivity contribution is 5.30. The fourth-order valence-corrected chi connectivity index (χ4v) is 1.50. The summed E-state index contributed by atoms with van der Waals surface area (Å²) in [4.78, 5) is 8.05. The standard InChI is InChI=1S/C8H11N3O/c1-4-6-3-10-8(9)11-7(6)5(2)12-4/h3-5H,1-2H3,(H2,9,10,11)/t4-,5+/m1/s1. The van der Waals surface area contributed by atoms with Gasteiger partial charge in [-0.05, 0) is 13.8 Å². The van der Waals surface area contributed by atoms with Gasteiger partial charge in [0, 0.05) is 11.8 Å². The molecule has 0 radical (unpaired) electrons. The molecule has 0 aromatic carbocycles. The normalized spacial score (nSPS) is 27.2. The van der Waals surface area contributed by atoms with Crippen LogP contribution in [0.3, 0.4) is 0 Å². The monoisotopic (exact) mass is 165 g/mol. The fraction of sp³-hybridized carbons (Fsp3) is 0.500. The van der Waals surface area contributed by atoms with Gasteiger partial charge in [0.05, 0.1) is 17.9 Å². The lowest BCUT2D eigenvalue weighted by molar-refractivity contribution is 0.0319. The van der Waals surface area contributed by atoms with Crippen molar-refractivity contribution in [3.05, 3.63) is 17.5 Å². The molecule has 0 amide bonds. The van der Waals surface area contributed by atoms with E-state index in [0.717, 1.165) is 11.3 Å². The predicted molar refractivity (Wildman–Crippen MR) is 44.4 cm³/mol. The van der Waals surface area contributed by atoms with E-state index in [1.165, 1.54) is 0 Å². The zero-order valence-electron chi connectivity index (χ0n) is 7.11. The Balaban J connectivity index is 2.53. The number of rotatable bonds is 0. The second kappa shape index (κ2) is 2.42. The molecule has 4 heteroatoms. The van der Waals surface area contributed by atoms with Gasteiger partial charge in [-0.1, -0.05) is 0 Å². The van der Waals surface area contributed by atoms with Crippen molar-refractivity contribution in [1.82, 2.24) is 9.97 Å². The maximum atomic E-state index is 5.53. The van der Waals surface area contributed by atoms with Gasteiger partial charge in [-0.2, -0.15) is 0 Å². The highest BCUT2D eigenvalue weighted by Gasteiger charge is 2.27. The molecule has 2 atom stereocenters. The number of nitrogen functional groups attached to an aromatic ring is 1. The molecule has 0 saturated carbocycles. The van der Waals surface area contributed by atoms with E-state index < -0.39 is 0 Å². The third kappa shape index (κ3) is 0.956. The summed E-state index contributed by atoms with van der Waals surface area (Å²) in [6, 6.07) is 0. The molecule has 0 fully saturated rings. The van der Waals surface area contributed by atoms with Gasteiger partial charge in [0.2, 0.25) is 5.95 Å². The van der Waals surface area contributed by atoms with Gasteiger partial charge in [0.15, 0.2) is 0 Å². The first-order valence-electron chi connectivity index (χ1n) is 3.96. The van der Waals surface area contributed by atoms with Crippen molar-refractivity contribution in [3.8, 4) is 0 Å². The molecule has 1 aromatic rings. The molecule has 1 aliphatic rings. The molecule has 0 saturated heterocycles. The minimum atomic E-state index is 0.0419. The Bertz CT molecular complexity index is 313. The second-order valence-corrected chi connectivity index (χ2v) is 2.99. The molecule has 0 spiro atoms. The minimum Gasteiger partial charge on any atom is -0.368 e. The summed E-state index contributed by atoms with van der Waals surface area (Å²) in [5.74, 6) is 0.318. The Labute approximate surface area is 70.8 Å². The van der Waals surface area contributed by atoms with Gasteiger partial charge in [0.1, 0.15) is 0 Å². The maximum absolute atomic E-state index is 5.53. The first-order chi connectivity index (χ1) is 5.68. The number of ether oxygens (including phenoxy) is 1. The van der Waals surface area contributed by atoms with Crippen molar-refractivity contribution in [1.29, 1.82) is 0 Å². The molecule has 64 valence electrons. The first-order valence-corrected chi connectivity index (χ1v) is 3.96. The second-order valence-electron chi connectivity index (χ2n) is 2.99. The van der Waals surface area contributed by atoms with Gasteiger partial charge >= 0.3 is 0 Å². The molecule has 2 N–H and O–H groups in total. The van der Waals surface area contributed by atoms with Crippen LogP contribution in [0, 0.1) is 0 Å². The topological polar surface area (TPSA) is 61.0 Å². The molecule has 0 unspecified atom stereocenters. The summed E-state index contributed by atoms with van der Waals surface area (Å²) in [7, 11) is 0. The highest BCUT2D eigenvalue weighted by Crippen LogP contribution is 2.36. The van der Waals surface area contributed by atoms with E-state index in [9.17, 15) is 0 Å². The van der Waals surface area contributed by atoms with E-state index in [0.29, 0.717) is 5.95 Å². The van der Waals surface area contributed by atoms with Crippen molar-refractivity contribution >= 4 is 5.95 Å². The van der Waals surface area contributed by atoms with E-state index in [4.69, 9.17) is 10.5 Å².